The number of anilines is 1. The molecule has 8 nitrogen and oxygen atoms in total. The average molecular weight is 523 g/mol. The second-order valence-electron chi connectivity index (χ2n) is 7.25. The molecule has 0 saturated carbocycles. The van der Waals surface area contributed by atoms with Gasteiger partial charge in [0.1, 0.15) is 17.7 Å². The second kappa shape index (κ2) is 9.48. The van der Waals surface area contributed by atoms with Gasteiger partial charge in [-0.3, -0.25) is 9.78 Å². The van der Waals surface area contributed by atoms with Crippen LogP contribution in [0.15, 0.2) is 59.5 Å². The normalized spacial score (nSPS) is 11.7. The zero-order valence-electron chi connectivity index (χ0n) is 17.4. The first-order valence-corrected chi connectivity index (χ1v) is 11.0. The minimum atomic E-state index is -0.457. The molecule has 4 aromatic rings. The number of fused-ring (bicyclic) bond motifs is 1. The Labute approximate surface area is 203 Å². The predicted molar refractivity (Wildman–Crippen MR) is 128 cm³/mol. The molecule has 1 aromatic carbocycles. The summed E-state index contributed by atoms with van der Waals surface area (Å²) < 4.78 is 0.652. The number of hydrogen-bond acceptors (Lipinski definition) is 7. The van der Waals surface area contributed by atoms with E-state index in [1.54, 1.807) is 47.6 Å². The fourth-order valence-electron chi connectivity index (χ4n) is 3.33. The Hall–Kier alpha value is -3.61. The highest BCUT2D eigenvalue weighted by atomic mass is 79.9. The van der Waals surface area contributed by atoms with Crippen LogP contribution in [-0.4, -0.2) is 30.7 Å². The zero-order valence-corrected chi connectivity index (χ0v) is 19.7. The Morgan fingerprint density at radius 3 is 2.70 bits per heavy atom. The summed E-state index contributed by atoms with van der Waals surface area (Å²) in [7, 11) is 0. The fourth-order valence-corrected chi connectivity index (χ4v) is 3.88. The highest BCUT2D eigenvalue weighted by Gasteiger charge is 2.26. The van der Waals surface area contributed by atoms with Gasteiger partial charge >= 0.3 is 0 Å². The summed E-state index contributed by atoms with van der Waals surface area (Å²) in [6.45, 7) is 1.99. The molecule has 33 heavy (non-hydrogen) atoms. The van der Waals surface area contributed by atoms with Crippen LogP contribution in [0.3, 0.4) is 0 Å². The Bertz CT molecular complexity index is 1390. The van der Waals surface area contributed by atoms with Gasteiger partial charge in [-0.2, -0.15) is 5.26 Å². The second-order valence-corrected chi connectivity index (χ2v) is 8.51. The predicted octanol–water partition coefficient (Wildman–Crippen LogP) is 4.69. The minimum Gasteiger partial charge on any atom is -0.383 e. The van der Waals surface area contributed by atoms with Gasteiger partial charge in [0.25, 0.3) is 5.91 Å². The van der Waals surface area contributed by atoms with Crippen LogP contribution in [0.1, 0.15) is 40.4 Å². The summed E-state index contributed by atoms with van der Waals surface area (Å²) in [5, 5.41) is 10.2. The van der Waals surface area contributed by atoms with Crippen LogP contribution in [0.2, 0.25) is 5.02 Å². The summed E-state index contributed by atoms with van der Waals surface area (Å²) in [5.74, 6) is 0.623. The number of hydrogen-bond donors (Lipinski definition) is 1. The third-order valence-corrected chi connectivity index (χ3v) is 6.04. The van der Waals surface area contributed by atoms with Crippen LogP contribution in [0.5, 0.6) is 0 Å². The van der Waals surface area contributed by atoms with E-state index in [1.807, 2.05) is 19.1 Å². The number of benzene rings is 1. The molecule has 0 radical (unpaired) electrons. The lowest BCUT2D eigenvalue weighted by Gasteiger charge is -2.28. The van der Waals surface area contributed by atoms with Gasteiger partial charge in [-0.1, -0.05) is 11.6 Å². The number of nitrogens with zero attached hydrogens (tertiary/aromatic N) is 6. The molecule has 0 aliphatic carbocycles. The van der Waals surface area contributed by atoms with Gasteiger partial charge in [-0.25, -0.2) is 15.0 Å². The largest absolute Gasteiger partial charge is 0.383 e. The average Bonchev–Trinajstić information content (AvgIpc) is 2.83. The zero-order chi connectivity index (χ0) is 23.5. The molecule has 3 aromatic heterocycles. The highest BCUT2D eigenvalue weighted by Crippen LogP contribution is 2.27. The van der Waals surface area contributed by atoms with E-state index in [1.165, 1.54) is 6.20 Å². The van der Waals surface area contributed by atoms with Crippen molar-refractivity contribution < 1.29 is 4.79 Å². The number of carbonyl (C=O) groups is 1. The van der Waals surface area contributed by atoms with Gasteiger partial charge in [0.15, 0.2) is 0 Å². The topological polar surface area (TPSA) is 122 Å². The molecule has 3 heterocycles. The SMILES string of the molecule is C[C@H](c1ncccn1)N(Cc1cc(Cl)c(C#N)cn1)C(=O)c1ccc2nc(N)c(Br)cc2c1. The van der Waals surface area contributed by atoms with E-state index in [4.69, 9.17) is 22.6 Å². The van der Waals surface area contributed by atoms with Gasteiger partial charge < -0.3 is 10.6 Å². The number of nitrogen functional groups attached to an aromatic ring is 1. The molecule has 0 spiro atoms. The van der Waals surface area contributed by atoms with E-state index < -0.39 is 6.04 Å². The first kappa shape index (κ1) is 22.6. The molecular formula is C23H17BrClN7O. The van der Waals surface area contributed by atoms with Crippen molar-refractivity contribution in [2.75, 3.05) is 5.73 Å². The summed E-state index contributed by atoms with van der Waals surface area (Å²) in [6.07, 6.45) is 4.65. The molecule has 0 unspecified atom stereocenters. The molecular weight excluding hydrogens is 506 g/mol. The van der Waals surface area contributed by atoms with Crippen molar-refractivity contribution in [2.24, 2.45) is 0 Å². The number of carbonyl (C=O) groups excluding carboxylic acids is 1. The lowest BCUT2D eigenvalue weighted by molar-refractivity contribution is 0.0663. The first-order chi connectivity index (χ1) is 15.9. The third kappa shape index (κ3) is 4.77. The summed E-state index contributed by atoms with van der Waals surface area (Å²) >= 11 is 9.57. The molecule has 0 bridgehead atoms. The van der Waals surface area contributed by atoms with Gasteiger partial charge in [-0.05, 0) is 59.3 Å². The molecule has 0 fully saturated rings. The van der Waals surface area contributed by atoms with Crippen LogP contribution in [0.25, 0.3) is 10.9 Å². The van der Waals surface area contributed by atoms with Gasteiger partial charge in [0.05, 0.1) is 38.9 Å². The Balaban J connectivity index is 1.74. The standard InChI is InChI=1S/C23H17BrClN7O/c1-13(22-28-5-2-6-29-22)32(12-17-9-19(25)16(10-26)11-30-17)23(33)14-3-4-20-15(7-14)8-18(24)21(27)31-20/h2-9,11,13H,12H2,1H3,(H2,27,31)/t13-/m1/s1. The Morgan fingerprint density at radius 2 is 2.00 bits per heavy atom. The summed E-state index contributed by atoms with van der Waals surface area (Å²) in [4.78, 5) is 32.5. The van der Waals surface area contributed by atoms with E-state index in [0.717, 1.165) is 5.39 Å². The smallest absolute Gasteiger partial charge is 0.254 e. The molecule has 1 amide bonds. The molecule has 164 valence electrons. The molecule has 10 heteroatoms. The van der Waals surface area contributed by atoms with Crippen molar-refractivity contribution in [3.8, 4) is 6.07 Å². The highest BCUT2D eigenvalue weighted by molar-refractivity contribution is 9.10. The number of nitrogens with two attached hydrogens (primary N) is 1. The number of aromatic nitrogens is 4. The lowest BCUT2D eigenvalue weighted by atomic mass is 10.1. The van der Waals surface area contributed by atoms with E-state index in [2.05, 4.69) is 35.9 Å². The quantitative estimate of drug-likeness (QED) is 0.403. The van der Waals surface area contributed by atoms with Gasteiger partial charge in [0.2, 0.25) is 0 Å². The monoisotopic (exact) mass is 521 g/mol. The Morgan fingerprint density at radius 1 is 1.24 bits per heavy atom. The van der Waals surface area contributed by atoms with E-state index in [-0.39, 0.29) is 23.0 Å². The molecule has 0 aliphatic heterocycles. The molecule has 0 saturated heterocycles. The van der Waals surface area contributed by atoms with Crippen LogP contribution < -0.4 is 5.73 Å². The number of rotatable bonds is 5. The minimum absolute atomic E-state index is 0.144. The van der Waals surface area contributed by atoms with Crippen molar-refractivity contribution in [1.29, 1.82) is 5.26 Å². The maximum absolute atomic E-state index is 13.7. The van der Waals surface area contributed by atoms with Crippen molar-refractivity contribution >= 4 is 50.2 Å². The van der Waals surface area contributed by atoms with Crippen molar-refractivity contribution in [3.05, 3.63) is 87.1 Å². The fraction of sp³-hybridized carbons (Fsp3) is 0.130. The third-order valence-electron chi connectivity index (χ3n) is 5.09. The summed E-state index contributed by atoms with van der Waals surface area (Å²) in [5.41, 5.74) is 7.81. The maximum Gasteiger partial charge on any atom is 0.254 e. The molecule has 1 atom stereocenters. The maximum atomic E-state index is 13.7. The van der Waals surface area contributed by atoms with Crippen LogP contribution >= 0.6 is 27.5 Å². The van der Waals surface area contributed by atoms with E-state index in [9.17, 15) is 4.79 Å². The van der Waals surface area contributed by atoms with E-state index in [0.29, 0.717) is 32.9 Å². The molecule has 0 aliphatic rings. The number of nitriles is 1. The van der Waals surface area contributed by atoms with Crippen LogP contribution in [0, 0.1) is 11.3 Å². The lowest BCUT2D eigenvalue weighted by Crippen LogP contribution is -2.34. The van der Waals surface area contributed by atoms with Crippen molar-refractivity contribution in [2.45, 2.75) is 19.5 Å². The van der Waals surface area contributed by atoms with Crippen LogP contribution in [0.4, 0.5) is 5.82 Å². The number of amides is 1. The van der Waals surface area contributed by atoms with Gasteiger partial charge in [0, 0.05) is 29.5 Å². The number of pyridine rings is 2. The van der Waals surface area contributed by atoms with Crippen LogP contribution in [-0.2, 0) is 6.54 Å². The van der Waals surface area contributed by atoms with Gasteiger partial charge in [-0.15, -0.1) is 0 Å². The molecule has 4 rings (SSSR count). The summed E-state index contributed by atoms with van der Waals surface area (Å²) in [6, 6.07) is 11.9. The van der Waals surface area contributed by atoms with E-state index >= 15 is 0 Å². The number of halogens is 2. The molecule has 2 N–H and O–H groups in total. The van der Waals surface area contributed by atoms with Crippen molar-refractivity contribution in [3.63, 3.8) is 0 Å². The first-order valence-electron chi connectivity index (χ1n) is 9.85. The Kier molecular flexibility index (Phi) is 6.49. The van der Waals surface area contributed by atoms with Crippen molar-refractivity contribution in [1.82, 2.24) is 24.8 Å².